The van der Waals surface area contributed by atoms with Crippen LogP contribution in [0.5, 0.6) is 11.5 Å². The van der Waals surface area contributed by atoms with Crippen LogP contribution in [0.2, 0.25) is 0 Å². The number of carbonyl (C=O) groups is 1. The van der Waals surface area contributed by atoms with Crippen molar-refractivity contribution in [2.45, 2.75) is 31.4 Å². The fraction of sp³-hybridized carbons (Fsp3) is 0.208. The standard InChI is InChI=1S/C24H22FNO4/c25-17-11-9-16(10-12-17)5-4-8-22-23(20-14-13-19(27)15-21(20)28)26(24(29)30-22)18-6-2-1-3-7-18/h1-3,6-7,9-15,22-23,27-28H,4-5,8H2. The number of aryl methyl sites for hydroxylation is 1. The Morgan fingerprint density at radius 3 is 2.40 bits per heavy atom. The van der Waals surface area contributed by atoms with Gasteiger partial charge in [-0.1, -0.05) is 30.3 Å². The zero-order valence-corrected chi connectivity index (χ0v) is 16.2. The molecule has 1 aliphatic rings. The molecule has 5 nitrogen and oxygen atoms in total. The van der Waals surface area contributed by atoms with Crippen LogP contribution in [0, 0.1) is 5.82 Å². The average molecular weight is 407 g/mol. The van der Waals surface area contributed by atoms with Crippen molar-refractivity contribution in [3.63, 3.8) is 0 Å². The topological polar surface area (TPSA) is 70.0 Å². The Labute approximate surface area is 174 Å². The number of nitrogens with zero attached hydrogens (tertiary/aromatic N) is 1. The highest BCUT2D eigenvalue weighted by Gasteiger charge is 2.44. The molecule has 1 amide bonds. The monoisotopic (exact) mass is 407 g/mol. The molecule has 1 saturated heterocycles. The lowest BCUT2D eigenvalue weighted by Crippen LogP contribution is -2.29. The van der Waals surface area contributed by atoms with Gasteiger partial charge in [0.2, 0.25) is 0 Å². The number of amides is 1. The molecule has 2 unspecified atom stereocenters. The zero-order chi connectivity index (χ0) is 21.1. The molecule has 0 spiro atoms. The van der Waals surface area contributed by atoms with Gasteiger partial charge in [0.05, 0.1) is 0 Å². The van der Waals surface area contributed by atoms with E-state index < -0.39 is 18.2 Å². The van der Waals surface area contributed by atoms with Crippen LogP contribution < -0.4 is 4.90 Å². The summed E-state index contributed by atoms with van der Waals surface area (Å²) in [6, 6.07) is 19.3. The molecule has 0 saturated carbocycles. The van der Waals surface area contributed by atoms with Crippen LogP contribution in [0.1, 0.15) is 30.0 Å². The lowest BCUT2D eigenvalue weighted by molar-refractivity contribution is 0.124. The summed E-state index contributed by atoms with van der Waals surface area (Å²) in [5.74, 6) is -0.423. The number of aromatic hydroxyl groups is 2. The third kappa shape index (κ3) is 4.08. The quantitative estimate of drug-likeness (QED) is 0.580. The van der Waals surface area contributed by atoms with E-state index in [9.17, 15) is 19.4 Å². The summed E-state index contributed by atoms with van der Waals surface area (Å²) < 4.78 is 18.8. The molecule has 1 heterocycles. The highest BCUT2D eigenvalue weighted by Crippen LogP contribution is 2.42. The van der Waals surface area contributed by atoms with Gasteiger partial charge >= 0.3 is 6.09 Å². The number of hydrogen-bond donors (Lipinski definition) is 2. The summed E-state index contributed by atoms with van der Waals surface area (Å²) in [5, 5.41) is 20.1. The predicted octanol–water partition coefficient (Wildman–Crippen LogP) is 5.33. The van der Waals surface area contributed by atoms with Gasteiger partial charge in [0, 0.05) is 17.3 Å². The summed E-state index contributed by atoms with van der Waals surface area (Å²) in [7, 11) is 0. The third-order valence-corrected chi connectivity index (χ3v) is 5.31. The number of rotatable bonds is 6. The molecule has 3 aromatic rings. The Kier molecular flexibility index (Phi) is 5.57. The van der Waals surface area contributed by atoms with Gasteiger partial charge in [0.1, 0.15) is 29.5 Å². The van der Waals surface area contributed by atoms with Gasteiger partial charge in [-0.25, -0.2) is 9.18 Å². The number of ether oxygens (including phenoxy) is 1. The highest BCUT2D eigenvalue weighted by molar-refractivity contribution is 5.91. The number of phenols is 2. The molecule has 2 N–H and O–H groups in total. The van der Waals surface area contributed by atoms with Gasteiger partial charge in [-0.3, -0.25) is 4.90 Å². The summed E-state index contributed by atoms with van der Waals surface area (Å²) >= 11 is 0. The Hall–Kier alpha value is -3.54. The van der Waals surface area contributed by atoms with E-state index in [1.54, 1.807) is 18.2 Å². The molecule has 3 aromatic carbocycles. The van der Waals surface area contributed by atoms with E-state index in [1.807, 2.05) is 30.3 Å². The first-order chi connectivity index (χ1) is 14.5. The largest absolute Gasteiger partial charge is 0.508 e. The van der Waals surface area contributed by atoms with Gasteiger partial charge in [-0.05, 0) is 61.2 Å². The van der Waals surface area contributed by atoms with Crippen molar-refractivity contribution < 1.29 is 24.1 Å². The number of phenolic OH excluding ortho intramolecular Hbond substituents is 2. The van der Waals surface area contributed by atoms with Crippen LogP contribution in [-0.2, 0) is 11.2 Å². The highest BCUT2D eigenvalue weighted by atomic mass is 19.1. The van der Waals surface area contributed by atoms with Crippen molar-refractivity contribution in [2.24, 2.45) is 0 Å². The first-order valence-electron chi connectivity index (χ1n) is 9.84. The summed E-state index contributed by atoms with van der Waals surface area (Å²) in [6.45, 7) is 0. The molecule has 30 heavy (non-hydrogen) atoms. The first-order valence-corrected chi connectivity index (χ1v) is 9.84. The molecule has 2 atom stereocenters. The summed E-state index contributed by atoms with van der Waals surface area (Å²) in [5.41, 5.74) is 2.18. The van der Waals surface area contributed by atoms with Crippen molar-refractivity contribution in [3.8, 4) is 11.5 Å². The number of halogens is 1. The van der Waals surface area contributed by atoms with E-state index in [1.165, 1.54) is 29.2 Å². The lowest BCUT2D eigenvalue weighted by Gasteiger charge is -2.26. The van der Waals surface area contributed by atoms with Crippen LogP contribution in [0.25, 0.3) is 0 Å². The van der Waals surface area contributed by atoms with Gasteiger partial charge < -0.3 is 14.9 Å². The first kappa shape index (κ1) is 19.8. The van der Waals surface area contributed by atoms with E-state index in [4.69, 9.17) is 4.74 Å². The smallest absolute Gasteiger partial charge is 0.415 e. The molecule has 6 heteroatoms. The second-order valence-corrected chi connectivity index (χ2v) is 7.33. The molecule has 1 fully saturated rings. The molecular formula is C24H22FNO4. The van der Waals surface area contributed by atoms with Crippen LogP contribution in [-0.4, -0.2) is 22.4 Å². The maximum Gasteiger partial charge on any atom is 0.415 e. The average Bonchev–Trinajstić information content (AvgIpc) is 3.06. The van der Waals surface area contributed by atoms with Crippen LogP contribution >= 0.6 is 0 Å². The van der Waals surface area contributed by atoms with E-state index in [0.717, 1.165) is 12.0 Å². The molecule has 0 radical (unpaired) electrons. The van der Waals surface area contributed by atoms with Crippen molar-refractivity contribution in [3.05, 3.63) is 89.7 Å². The van der Waals surface area contributed by atoms with Crippen LogP contribution in [0.3, 0.4) is 0 Å². The molecule has 0 aliphatic carbocycles. The fourth-order valence-electron chi connectivity index (χ4n) is 3.88. The second-order valence-electron chi connectivity index (χ2n) is 7.33. The van der Waals surface area contributed by atoms with Crippen LogP contribution in [0.4, 0.5) is 14.9 Å². The van der Waals surface area contributed by atoms with Gasteiger partial charge in [-0.2, -0.15) is 0 Å². The molecule has 154 valence electrons. The van der Waals surface area contributed by atoms with E-state index >= 15 is 0 Å². The summed E-state index contributed by atoms with van der Waals surface area (Å²) in [4.78, 5) is 14.3. The van der Waals surface area contributed by atoms with Gasteiger partial charge in [0.25, 0.3) is 0 Å². The number of benzene rings is 3. The Morgan fingerprint density at radius 2 is 1.70 bits per heavy atom. The molecular weight excluding hydrogens is 385 g/mol. The zero-order valence-electron chi connectivity index (χ0n) is 16.2. The van der Waals surface area contributed by atoms with Gasteiger partial charge in [-0.15, -0.1) is 0 Å². The van der Waals surface area contributed by atoms with Crippen LogP contribution in [0.15, 0.2) is 72.8 Å². The Bertz CT molecular complexity index is 1020. The number of cyclic esters (lactones) is 1. The normalized spacial score (nSPS) is 18.4. The molecule has 0 bridgehead atoms. The maximum atomic E-state index is 13.1. The van der Waals surface area contributed by atoms with Crippen molar-refractivity contribution in [1.82, 2.24) is 0 Å². The predicted molar refractivity (Wildman–Crippen MR) is 111 cm³/mol. The Balaban J connectivity index is 1.59. The fourth-order valence-corrected chi connectivity index (χ4v) is 3.88. The molecule has 0 aromatic heterocycles. The summed E-state index contributed by atoms with van der Waals surface area (Å²) in [6.07, 6.45) is 1.05. The minimum Gasteiger partial charge on any atom is -0.508 e. The van der Waals surface area contributed by atoms with E-state index in [0.29, 0.717) is 24.1 Å². The number of hydrogen-bond acceptors (Lipinski definition) is 4. The van der Waals surface area contributed by atoms with Crippen molar-refractivity contribution >= 4 is 11.8 Å². The number of carbonyl (C=O) groups excluding carboxylic acids is 1. The molecule has 4 rings (SSSR count). The van der Waals surface area contributed by atoms with Gasteiger partial charge in [0.15, 0.2) is 0 Å². The molecule has 1 aliphatic heterocycles. The maximum absolute atomic E-state index is 13.1. The number of para-hydroxylation sites is 1. The van der Waals surface area contributed by atoms with Crippen molar-refractivity contribution in [2.75, 3.05) is 4.90 Å². The SMILES string of the molecule is O=C1OC(CCCc2ccc(F)cc2)C(c2ccc(O)cc2O)N1c1ccccc1. The second kappa shape index (κ2) is 8.45. The minimum absolute atomic E-state index is 0.0550. The van der Waals surface area contributed by atoms with Crippen molar-refractivity contribution in [1.29, 1.82) is 0 Å². The lowest BCUT2D eigenvalue weighted by atomic mass is 9.94. The van der Waals surface area contributed by atoms with E-state index in [-0.39, 0.29) is 17.3 Å². The third-order valence-electron chi connectivity index (χ3n) is 5.31. The number of anilines is 1. The minimum atomic E-state index is -0.534. The van der Waals surface area contributed by atoms with E-state index in [2.05, 4.69) is 0 Å². The Morgan fingerprint density at radius 1 is 0.967 bits per heavy atom.